The van der Waals surface area contributed by atoms with Crippen LogP contribution in [0.4, 0.5) is 5.69 Å². The first-order chi connectivity index (χ1) is 8.78. The summed E-state index contributed by atoms with van der Waals surface area (Å²) >= 11 is 1.53. The molecule has 1 aromatic rings. The number of anilines is 1. The molecule has 7 heteroatoms. The maximum Gasteiger partial charge on any atom is 0.242 e. The van der Waals surface area contributed by atoms with E-state index in [2.05, 4.69) is 0 Å². The first-order valence-electron chi connectivity index (χ1n) is 5.88. The summed E-state index contributed by atoms with van der Waals surface area (Å²) in [4.78, 5) is 1.02. The van der Waals surface area contributed by atoms with Crippen molar-refractivity contribution in [2.75, 3.05) is 26.4 Å². The molecule has 0 aliphatic rings. The Morgan fingerprint density at radius 2 is 2.05 bits per heavy atom. The maximum absolute atomic E-state index is 12.0. The zero-order valence-electron chi connectivity index (χ0n) is 11.3. The molecule has 0 spiro atoms. The summed E-state index contributed by atoms with van der Waals surface area (Å²) in [6, 6.07) is 4.74. The van der Waals surface area contributed by atoms with Gasteiger partial charge in [0.1, 0.15) is 0 Å². The third kappa shape index (κ3) is 4.10. The fraction of sp³-hybridized carbons (Fsp3) is 0.500. The van der Waals surface area contributed by atoms with Crippen molar-refractivity contribution in [2.45, 2.75) is 28.4 Å². The second-order valence-electron chi connectivity index (χ2n) is 4.43. The molecule has 0 radical (unpaired) electrons. The molecule has 108 valence electrons. The highest BCUT2D eigenvalue weighted by atomic mass is 32.2. The molecule has 0 aliphatic carbocycles. The molecule has 0 heterocycles. The van der Waals surface area contributed by atoms with Gasteiger partial charge in [-0.05, 0) is 24.6 Å². The minimum atomic E-state index is -3.45. The van der Waals surface area contributed by atoms with E-state index in [0.29, 0.717) is 12.1 Å². The summed E-state index contributed by atoms with van der Waals surface area (Å²) in [5.41, 5.74) is 6.34. The zero-order valence-corrected chi connectivity index (χ0v) is 13.0. The number of nitrogens with zero attached hydrogens (tertiary/aromatic N) is 1. The summed E-state index contributed by atoms with van der Waals surface area (Å²) < 4.78 is 25.1. The SMILES string of the molecule is CC(CCO)Sc1ccc(S(=O)(=O)N(C)C)cc1N. The fourth-order valence-electron chi connectivity index (χ4n) is 1.46. The van der Waals surface area contributed by atoms with E-state index < -0.39 is 10.0 Å². The van der Waals surface area contributed by atoms with Crippen LogP contribution in [0.15, 0.2) is 28.0 Å². The van der Waals surface area contributed by atoms with Crippen LogP contribution in [0.25, 0.3) is 0 Å². The van der Waals surface area contributed by atoms with Crippen molar-refractivity contribution >= 4 is 27.5 Å². The summed E-state index contributed by atoms with van der Waals surface area (Å²) in [5.74, 6) is 0. The van der Waals surface area contributed by atoms with E-state index in [1.807, 2.05) is 6.92 Å². The van der Waals surface area contributed by atoms with Crippen LogP contribution in [0.3, 0.4) is 0 Å². The first kappa shape index (κ1) is 16.3. The molecule has 0 saturated carbocycles. The summed E-state index contributed by atoms with van der Waals surface area (Å²) in [7, 11) is -0.483. The van der Waals surface area contributed by atoms with Gasteiger partial charge < -0.3 is 10.8 Å². The highest BCUT2D eigenvalue weighted by Gasteiger charge is 2.18. The molecule has 19 heavy (non-hydrogen) atoms. The Morgan fingerprint density at radius 1 is 1.42 bits per heavy atom. The van der Waals surface area contributed by atoms with E-state index in [4.69, 9.17) is 10.8 Å². The van der Waals surface area contributed by atoms with E-state index >= 15 is 0 Å². The van der Waals surface area contributed by atoms with Gasteiger partial charge in [0.15, 0.2) is 0 Å². The van der Waals surface area contributed by atoms with Crippen LogP contribution >= 0.6 is 11.8 Å². The van der Waals surface area contributed by atoms with Crippen molar-refractivity contribution in [1.29, 1.82) is 0 Å². The van der Waals surface area contributed by atoms with Crippen LogP contribution in [0.2, 0.25) is 0 Å². The van der Waals surface area contributed by atoms with Crippen molar-refractivity contribution in [3.05, 3.63) is 18.2 Å². The van der Waals surface area contributed by atoms with Gasteiger partial charge in [-0.25, -0.2) is 12.7 Å². The van der Waals surface area contributed by atoms with Crippen molar-refractivity contribution < 1.29 is 13.5 Å². The standard InChI is InChI=1S/C12H20N2O3S2/c1-9(6-7-15)18-12-5-4-10(8-11(12)13)19(16,17)14(2)3/h4-5,8-9,15H,6-7,13H2,1-3H3. The molecule has 0 amide bonds. The molecule has 0 saturated heterocycles. The number of benzene rings is 1. The van der Waals surface area contributed by atoms with Crippen LogP contribution in [0, 0.1) is 0 Å². The van der Waals surface area contributed by atoms with Crippen LogP contribution in [0.5, 0.6) is 0 Å². The number of nitrogens with two attached hydrogens (primary N) is 1. The third-order valence-electron chi connectivity index (χ3n) is 2.62. The Labute approximate surface area is 118 Å². The number of rotatable bonds is 6. The topological polar surface area (TPSA) is 83.6 Å². The average molecular weight is 304 g/mol. The van der Waals surface area contributed by atoms with E-state index in [0.717, 1.165) is 9.20 Å². The Bertz CT molecular complexity index is 530. The van der Waals surface area contributed by atoms with Gasteiger partial charge in [0.05, 0.1) is 4.90 Å². The quantitative estimate of drug-likeness (QED) is 0.613. The third-order valence-corrected chi connectivity index (χ3v) is 5.70. The van der Waals surface area contributed by atoms with E-state index in [9.17, 15) is 8.42 Å². The molecule has 3 N–H and O–H groups in total. The molecule has 1 rings (SSSR count). The van der Waals surface area contributed by atoms with Gasteiger partial charge >= 0.3 is 0 Å². The Kier molecular flexibility index (Phi) is 5.66. The van der Waals surface area contributed by atoms with Gasteiger partial charge in [0.2, 0.25) is 10.0 Å². The van der Waals surface area contributed by atoms with Crippen LogP contribution < -0.4 is 5.73 Å². The Hall–Kier alpha value is -0.760. The molecule has 0 bridgehead atoms. The van der Waals surface area contributed by atoms with Crippen LogP contribution in [0.1, 0.15) is 13.3 Å². The predicted octanol–water partition coefficient (Wildman–Crippen LogP) is 1.38. The lowest BCUT2D eigenvalue weighted by atomic mass is 10.3. The van der Waals surface area contributed by atoms with Crippen molar-refractivity contribution in [3.8, 4) is 0 Å². The van der Waals surface area contributed by atoms with E-state index in [1.54, 1.807) is 12.1 Å². The van der Waals surface area contributed by atoms with Crippen LogP contribution in [-0.4, -0.2) is 43.8 Å². The van der Waals surface area contributed by atoms with Gasteiger partial charge in [0, 0.05) is 36.5 Å². The second kappa shape index (κ2) is 6.60. The average Bonchev–Trinajstić information content (AvgIpc) is 2.31. The molecule has 1 aromatic carbocycles. The number of sulfonamides is 1. The van der Waals surface area contributed by atoms with Crippen molar-refractivity contribution in [2.24, 2.45) is 0 Å². The lowest BCUT2D eigenvalue weighted by Crippen LogP contribution is -2.22. The number of hydrogen-bond donors (Lipinski definition) is 2. The minimum Gasteiger partial charge on any atom is -0.398 e. The predicted molar refractivity (Wildman–Crippen MR) is 78.7 cm³/mol. The Morgan fingerprint density at radius 3 is 2.53 bits per heavy atom. The van der Waals surface area contributed by atoms with Crippen LogP contribution in [-0.2, 0) is 10.0 Å². The first-order valence-corrected chi connectivity index (χ1v) is 8.20. The van der Waals surface area contributed by atoms with E-state index in [1.165, 1.54) is 31.9 Å². The van der Waals surface area contributed by atoms with Gasteiger partial charge in [0.25, 0.3) is 0 Å². The molecular formula is C12H20N2O3S2. The number of thioether (sulfide) groups is 1. The fourth-order valence-corrected chi connectivity index (χ4v) is 3.40. The lowest BCUT2D eigenvalue weighted by molar-refractivity contribution is 0.289. The van der Waals surface area contributed by atoms with Crippen molar-refractivity contribution in [3.63, 3.8) is 0 Å². The smallest absolute Gasteiger partial charge is 0.242 e. The van der Waals surface area contributed by atoms with Gasteiger partial charge in [-0.15, -0.1) is 11.8 Å². The highest BCUT2D eigenvalue weighted by Crippen LogP contribution is 2.32. The van der Waals surface area contributed by atoms with Gasteiger partial charge in [-0.3, -0.25) is 0 Å². The van der Waals surface area contributed by atoms with Crippen molar-refractivity contribution in [1.82, 2.24) is 4.31 Å². The lowest BCUT2D eigenvalue weighted by Gasteiger charge is -2.15. The van der Waals surface area contributed by atoms with Gasteiger partial charge in [-0.2, -0.15) is 0 Å². The Balaban J connectivity index is 2.99. The largest absolute Gasteiger partial charge is 0.398 e. The summed E-state index contributed by atoms with van der Waals surface area (Å²) in [6.45, 7) is 2.12. The number of aliphatic hydroxyl groups is 1. The summed E-state index contributed by atoms with van der Waals surface area (Å²) in [6.07, 6.45) is 0.669. The summed E-state index contributed by atoms with van der Waals surface area (Å²) in [5, 5.41) is 9.09. The molecule has 0 fully saturated rings. The number of hydrogen-bond acceptors (Lipinski definition) is 5. The molecular weight excluding hydrogens is 284 g/mol. The molecule has 1 atom stereocenters. The molecule has 0 aliphatic heterocycles. The minimum absolute atomic E-state index is 0.126. The normalized spacial score (nSPS) is 13.7. The second-order valence-corrected chi connectivity index (χ2v) is 8.06. The van der Waals surface area contributed by atoms with E-state index in [-0.39, 0.29) is 16.8 Å². The molecule has 5 nitrogen and oxygen atoms in total. The number of aliphatic hydroxyl groups excluding tert-OH is 1. The zero-order chi connectivity index (χ0) is 14.6. The molecule has 0 aromatic heterocycles. The highest BCUT2D eigenvalue weighted by molar-refractivity contribution is 8.00. The number of nitrogen functional groups attached to an aromatic ring is 1. The molecule has 1 unspecified atom stereocenters. The van der Waals surface area contributed by atoms with Gasteiger partial charge in [-0.1, -0.05) is 6.92 Å². The monoisotopic (exact) mass is 304 g/mol. The maximum atomic E-state index is 12.0.